The predicted octanol–water partition coefficient (Wildman–Crippen LogP) is 5.73. The van der Waals surface area contributed by atoms with E-state index in [1.165, 1.54) is 0 Å². The van der Waals surface area contributed by atoms with Crippen LogP contribution in [0.15, 0.2) is 54.6 Å². The number of hydrogen-bond acceptors (Lipinski definition) is 2. The monoisotopic (exact) mass is 387 g/mol. The van der Waals surface area contributed by atoms with Crippen LogP contribution in [0.3, 0.4) is 0 Å². The lowest BCUT2D eigenvalue weighted by molar-refractivity contribution is 0.102. The number of amides is 1. The highest BCUT2D eigenvalue weighted by molar-refractivity contribution is 6.44. The molecule has 0 aliphatic rings. The number of hydrogen-bond donors (Lipinski definition) is 1. The fraction of sp³-hybridized carbons (Fsp3) is 0.200. The summed E-state index contributed by atoms with van der Waals surface area (Å²) >= 11 is 12.2. The van der Waals surface area contributed by atoms with Crippen LogP contribution >= 0.6 is 23.2 Å². The van der Waals surface area contributed by atoms with Gasteiger partial charge in [-0.05, 0) is 24.3 Å². The van der Waals surface area contributed by atoms with Crippen LogP contribution in [0.1, 0.15) is 36.8 Å². The maximum absolute atomic E-state index is 12.7. The first-order valence-corrected chi connectivity index (χ1v) is 8.94. The third-order valence-corrected chi connectivity index (χ3v) is 4.74. The van der Waals surface area contributed by atoms with Gasteiger partial charge in [-0.2, -0.15) is 5.10 Å². The highest BCUT2D eigenvalue weighted by Crippen LogP contribution is 2.29. The first-order chi connectivity index (χ1) is 12.3. The van der Waals surface area contributed by atoms with E-state index in [1.807, 2.05) is 36.4 Å². The second kappa shape index (κ2) is 7.14. The first-order valence-electron chi connectivity index (χ1n) is 8.18. The van der Waals surface area contributed by atoms with Crippen LogP contribution in [0.5, 0.6) is 0 Å². The maximum atomic E-state index is 12.7. The summed E-state index contributed by atoms with van der Waals surface area (Å²) in [6.45, 7) is 6.22. The predicted molar refractivity (Wildman–Crippen MR) is 107 cm³/mol. The van der Waals surface area contributed by atoms with Crippen LogP contribution in [-0.4, -0.2) is 15.7 Å². The smallest absolute Gasteiger partial charge is 0.258 e. The minimum atomic E-state index is -0.338. The molecule has 0 spiro atoms. The Bertz CT molecular complexity index is 943. The summed E-state index contributed by atoms with van der Waals surface area (Å²) in [6, 6.07) is 16.5. The molecule has 0 bridgehead atoms. The summed E-state index contributed by atoms with van der Waals surface area (Å²) < 4.78 is 1.72. The third kappa shape index (κ3) is 3.76. The lowest BCUT2D eigenvalue weighted by atomic mass is 9.92. The van der Waals surface area contributed by atoms with Crippen molar-refractivity contribution >= 4 is 34.9 Å². The Kier molecular flexibility index (Phi) is 5.08. The Morgan fingerprint density at radius 1 is 1.04 bits per heavy atom. The Hall–Kier alpha value is -2.30. The first kappa shape index (κ1) is 18.5. The molecule has 134 valence electrons. The number of rotatable bonds is 3. The van der Waals surface area contributed by atoms with Crippen molar-refractivity contribution in [2.45, 2.75) is 26.2 Å². The fourth-order valence-electron chi connectivity index (χ4n) is 2.47. The Morgan fingerprint density at radius 2 is 1.73 bits per heavy atom. The van der Waals surface area contributed by atoms with Gasteiger partial charge in [-0.3, -0.25) is 4.79 Å². The molecular formula is C20H19Cl2N3O. The van der Waals surface area contributed by atoms with Gasteiger partial charge in [0, 0.05) is 11.5 Å². The molecule has 26 heavy (non-hydrogen) atoms. The van der Waals surface area contributed by atoms with Gasteiger partial charge in [0.1, 0.15) is 5.82 Å². The van der Waals surface area contributed by atoms with E-state index in [4.69, 9.17) is 23.2 Å². The molecule has 0 atom stereocenters. The molecule has 0 aliphatic heterocycles. The van der Waals surface area contributed by atoms with Crippen LogP contribution in [-0.2, 0) is 5.41 Å². The number of benzene rings is 2. The average Bonchev–Trinajstić information content (AvgIpc) is 3.02. The van der Waals surface area contributed by atoms with Gasteiger partial charge in [-0.25, -0.2) is 4.68 Å². The number of aromatic nitrogens is 2. The van der Waals surface area contributed by atoms with Crippen molar-refractivity contribution in [1.29, 1.82) is 0 Å². The summed E-state index contributed by atoms with van der Waals surface area (Å²) in [5.41, 5.74) is 1.88. The number of halogens is 2. The Balaban J connectivity index is 2.02. The van der Waals surface area contributed by atoms with E-state index >= 15 is 0 Å². The van der Waals surface area contributed by atoms with Gasteiger partial charge in [0.15, 0.2) is 0 Å². The summed E-state index contributed by atoms with van der Waals surface area (Å²) in [7, 11) is 0. The summed E-state index contributed by atoms with van der Waals surface area (Å²) in [6.07, 6.45) is 0. The average molecular weight is 388 g/mol. The molecule has 2 aromatic carbocycles. The second-order valence-electron chi connectivity index (χ2n) is 6.97. The lowest BCUT2D eigenvalue weighted by Crippen LogP contribution is -2.15. The zero-order chi connectivity index (χ0) is 18.9. The van der Waals surface area contributed by atoms with Crippen LogP contribution in [0.25, 0.3) is 5.69 Å². The summed E-state index contributed by atoms with van der Waals surface area (Å²) in [5.74, 6) is 0.234. The quantitative estimate of drug-likeness (QED) is 0.623. The van der Waals surface area contributed by atoms with Gasteiger partial charge in [0.2, 0.25) is 0 Å². The Morgan fingerprint density at radius 3 is 2.38 bits per heavy atom. The molecule has 6 heteroatoms. The minimum absolute atomic E-state index is 0.160. The maximum Gasteiger partial charge on any atom is 0.258 e. The number of anilines is 1. The normalized spacial score (nSPS) is 11.4. The highest BCUT2D eigenvalue weighted by atomic mass is 35.5. The topological polar surface area (TPSA) is 46.9 Å². The minimum Gasteiger partial charge on any atom is -0.306 e. The molecule has 1 heterocycles. The molecule has 0 unspecified atom stereocenters. The van der Waals surface area contributed by atoms with Crippen molar-refractivity contribution in [1.82, 2.24) is 9.78 Å². The van der Waals surface area contributed by atoms with Crippen LogP contribution in [0, 0.1) is 0 Å². The van der Waals surface area contributed by atoms with Gasteiger partial charge in [-0.1, -0.05) is 68.2 Å². The van der Waals surface area contributed by atoms with Crippen molar-refractivity contribution in [3.63, 3.8) is 0 Å². The van der Waals surface area contributed by atoms with Crippen molar-refractivity contribution in [3.05, 3.63) is 75.9 Å². The number of carbonyl (C=O) groups excluding carboxylic acids is 1. The van der Waals surface area contributed by atoms with Gasteiger partial charge in [0.05, 0.1) is 27.0 Å². The lowest BCUT2D eigenvalue weighted by Gasteiger charge is -2.14. The van der Waals surface area contributed by atoms with Crippen molar-refractivity contribution < 1.29 is 4.79 Å². The molecule has 3 aromatic rings. The van der Waals surface area contributed by atoms with E-state index in [9.17, 15) is 4.79 Å². The molecule has 0 radical (unpaired) electrons. The number of nitrogens with one attached hydrogen (secondary N) is 1. The molecule has 3 rings (SSSR count). The zero-order valence-electron chi connectivity index (χ0n) is 14.8. The second-order valence-corrected chi connectivity index (χ2v) is 7.75. The van der Waals surface area contributed by atoms with E-state index in [-0.39, 0.29) is 16.3 Å². The van der Waals surface area contributed by atoms with E-state index in [0.29, 0.717) is 16.4 Å². The SMILES string of the molecule is CC(C)(C)c1cc(NC(=O)c2cccc(Cl)c2Cl)n(-c2ccccc2)n1. The van der Waals surface area contributed by atoms with E-state index in [2.05, 4.69) is 31.2 Å². The molecular weight excluding hydrogens is 369 g/mol. The molecule has 0 saturated heterocycles. The van der Waals surface area contributed by atoms with Crippen molar-refractivity contribution in [3.8, 4) is 5.69 Å². The fourth-order valence-corrected chi connectivity index (χ4v) is 2.85. The van der Waals surface area contributed by atoms with Crippen LogP contribution < -0.4 is 5.32 Å². The van der Waals surface area contributed by atoms with E-state index in [0.717, 1.165) is 11.4 Å². The largest absolute Gasteiger partial charge is 0.306 e. The number of para-hydroxylation sites is 1. The molecule has 0 aliphatic carbocycles. The zero-order valence-corrected chi connectivity index (χ0v) is 16.3. The van der Waals surface area contributed by atoms with Crippen LogP contribution in [0.2, 0.25) is 10.0 Å². The van der Waals surface area contributed by atoms with Gasteiger partial charge in [0.25, 0.3) is 5.91 Å². The van der Waals surface area contributed by atoms with Crippen LogP contribution in [0.4, 0.5) is 5.82 Å². The van der Waals surface area contributed by atoms with E-state index in [1.54, 1.807) is 22.9 Å². The van der Waals surface area contributed by atoms with Crippen molar-refractivity contribution in [2.24, 2.45) is 0 Å². The molecule has 1 N–H and O–H groups in total. The molecule has 1 amide bonds. The van der Waals surface area contributed by atoms with Gasteiger partial charge in [-0.15, -0.1) is 0 Å². The molecule has 1 aromatic heterocycles. The van der Waals surface area contributed by atoms with Gasteiger partial charge < -0.3 is 5.32 Å². The van der Waals surface area contributed by atoms with Crippen molar-refractivity contribution in [2.75, 3.05) is 5.32 Å². The third-order valence-electron chi connectivity index (χ3n) is 3.92. The number of carbonyl (C=O) groups is 1. The standard InChI is InChI=1S/C20H19Cl2N3O/c1-20(2,3)16-12-17(25(24-16)13-8-5-4-6-9-13)23-19(26)14-10-7-11-15(21)18(14)22/h4-12H,1-3H3,(H,23,26). The molecule has 0 saturated carbocycles. The van der Waals surface area contributed by atoms with Gasteiger partial charge >= 0.3 is 0 Å². The highest BCUT2D eigenvalue weighted by Gasteiger charge is 2.22. The summed E-state index contributed by atoms with van der Waals surface area (Å²) in [5, 5.41) is 8.15. The molecule has 0 fully saturated rings. The molecule has 4 nitrogen and oxygen atoms in total. The summed E-state index contributed by atoms with van der Waals surface area (Å²) in [4.78, 5) is 12.7. The van der Waals surface area contributed by atoms with E-state index < -0.39 is 0 Å². The Labute approximate surface area is 162 Å². The number of nitrogens with zero attached hydrogens (tertiary/aromatic N) is 2.